The summed E-state index contributed by atoms with van der Waals surface area (Å²) in [5.74, 6) is 0.586. The zero-order valence-corrected chi connectivity index (χ0v) is 14.5. The highest BCUT2D eigenvalue weighted by Crippen LogP contribution is 2.59. The number of rotatable bonds is 1. The zero-order chi connectivity index (χ0) is 16.2. The second-order valence-electron chi connectivity index (χ2n) is 8.56. The van der Waals surface area contributed by atoms with E-state index < -0.39 is 5.79 Å². The second-order valence-corrected chi connectivity index (χ2v) is 8.56. The molecule has 4 aliphatic rings. The van der Waals surface area contributed by atoms with Gasteiger partial charge in [0.15, 0.2) is 5.79 Å². The van der Waals surface area contributed by atoms with Gasteiger partial charge in [-0.05, 0) is 36.7 Å². The SMILES string of the molecule is COC(=O)[C@H]1C/C(=C2\CC23OCC(C)(C)CO3)[C@H]2CCCC[C@@H]12. The van der Waals surface area contributed by atoms with Gasteiger partial charge in [-0.25, -0.2) is 0 Å². The highest BCUT2D eigenvalue weighted by molar-refractivity contribution is 5.74. The van der Waals surface area contributed by atoms with Crippen LogP contribution in [-0.2, 0) is 19.0 Å². The summed E-state index contributed by atoms with van der Waals surface area (Å²) in [6, 6.07) is 0. The van der Waals surface area contributed by atoms with Gasteiger partial charge in [-0.1, -0.05) is 32.3 Å². The number of hydrogen-bond donors (Lipinski definition) is 0. The molecular formula is C19H28O4. The first-order valence-corrected chi connectivity index (χ1v) is 9.04. The highest BCUT2D eigenvalue weighted by Gasteiger charge is 2.59. The summed E-state index contributed by atoms with van der Waals surface area (Å²) in [4.78, 5) is 12.2. The molecule has 128 valence electrons. The van der Waals surface area contributed by atoms with Crippen molar-refractivity contribution in [2.45, 2.75) is 58.2 Å². The van der Waals surface area contributed by atoms with Crippen molar-refractivity contribution in [3.63, 3.8) is 0 Å². The molecule has 1 heterocycles. The first-order chi connectivity index (χ1) is 11.0. The molecule has 0 N–H and O–H groups in total. The summed E-state index contributed by atoms with van der Waals surface area (Å²) < 4.78 is 17.3. The molecule has 3 aliphatic carbocycles. The van der Waals surface area contributed by atoms with Gasteiger partial charge in [0.25, 0.3) is 0 Å². The number of ether oxygens (including phenoxy) is 3. The Morgan fingerprint density at radius 2 is 1.87 bits per heavy atom. The Kier molecular flexibility index (Phi) is 3.62. The third kappa shape index (κ3) is 2.54. The fourth-order valence-electron chi connectivity index (χ4n) is 4.90. The summed E-state index contributed by atoms with van der Waals surface area (Å²) in [5.41, 5.74) is 2.91. The third-order valence-electron chi connectivity index (χ3n) is 6.25. The van der Waals surface area contributed by atoms with E-state index in [1.807, 2.05) is 0 Å². The van der Waals surface area contributed by atoms with Crippen LogP contribution in [0.5, 0.6) is 0 Å². The average Bonchev–Trinajstić information content (AvgIpc) is 3.12. The smallest absolute Gasteiger partial charge is 0.309 e. The number of carbonyl (C=O) groups is 1. The molecule has 1 spiro atoms. The van der Waals surface area contributed by atoms with Crippen molar-refractivity contribution in [2.24, 2.45) is 23.2 Å². The number of methoxy groups -OCH3 is 1. The van der Waals surface area contributed by atoms with E-state index in [-0.39, 0.29) is 17.3 Å². The maximum Gasteiger partial charge on any atom is 0.309 e. The largest absolute Gasteiger partial charge is 0.469 e. The lowest BCUT2D eigenvalue weighted by molar-refractivity contribution is -0.233. The summed E-state index contributed by atoms with van der Waals surface area (Å²) in [6.07, 6.45) is 6.63. The van der Waals surface area contributed by atoms with Crippen molar-refractivity contribution in [3.8, 4) is 0 Å². The van der Waals surface area contributed by atoms with E-state index in [2.05, 4.69) is 13.8 Å². The Morgan fingerprint density at radius 1 is 1.17 bits per heavy atom. The summed E-state index contributed by atoms with van der Waals surface area (Å²) in [6.45, 7) is 5.85. The molecule has 23 heavy (non-hydrogen) atoms. The fraction of sp³-hybridized carbons (Fsp3) is 0.842. The average molecular weight is 320 g/mol. The third-order valence-corrected chi connectivity index (χ3v) is 6.25. The first-order valence-electron chi connectivity index (χ1n) is 9.04. The minimum atomic E-state index is -0.447. The Balaban J connectivity index is 1.58. The molecule has 0 amide bonds. The number of fused-ring (bicyclic) bond motifs is 1. The molecule has 4 heteroatoms. The highest BCUT2D eigenvalue weighted by atomic mass is 16.7. The topological polar surface area (TPSA) is 44.8 Å². The molecule has 4 fully saturated rings. The minimum Gasteiger partial charge on any atom is -0.469 e. The molecule has 0 bridgehead atoms. The molecule has 1 aliphatic heterocycles. The molecule has 0 unspecified atom stereocenters. The molecule has 1 saturated heterocycles. The summed E-state index contributed by atoms with van der Waals surface area (Å²) in [5, 5.41) is 0. The van der Waals surface area contributed by atoms with Gasteiger partial charge in [0.2, 0.25) is 0 Å². The van der Waals surface area contributed by atoms with E-state index in [0.717, 1.165) is 32.5 Å². The van der Waals surface area contributed by atoms with E-state index in [1.54, 1.807) is 0 Å². The van der Waals surface area contributed by atoms with Crippen molar-refractivity contribution in [1.29, 1.82) is 0 Å². The minimum absolute atomic E-state index is 0.0289. The molecule has 3 saturated carbocycles. The number of esters is 1. The van der Waals surface area contributed by atoms with Gasteiger partial charge in [0.1, 0.15) is 0 Å². The number of allylic oxidation sites excluding steroid dienone is 1. The lowest BCUT2D eigenvalue weighted by Crippen LogP contribution is -2.39. The Labute approximate surface area is 138 Å². The van der Waals surface area contributed by atoms with Crippen molar-refractivity contribution in [2.75, 3.05) is 20.3 Å². The lowest BCUT2D eigenvalue weighted by Gasteiger charge is -2.35. The number of hydrogen-bond acceptors (Lipinski definition) is 4. The van der Waals surface area contributed by atoms with Crippen LogP contribution in [0.15, 0.2) is 11.1 Å². The van der Waals surface area contributed by atoms with Gasteiger partial charge in [0.05, 0.1) is 26.2 Å². The Bertz CT molecular complexity index is 538. The monoisotopic (exact) mass is 320 g/mol. The van der Waals surface area contributed by atoms with E-state index in [9.17, 15) is 4.79 Å². The molecule has 4 nitrogen and oxygen atoms in total. The molecule has 0 aromatic rings. The summed E-state index contributed by atoms with van der Waals surface area (Å²) in [7, 11) is 1.51. The van der Waals surface area contributed by atoms with Gasteiger partial charge in [-0.3, -0.25) is 4.79 Å². The molecule has 4 rings (SSSR count). The van der Waals surface area contributed by atoms with Crippen molar-refractivity contribution >= 4 is 5.97 Å². The van der Waals surface area contributed by atoms with Crippen LogP contribution < -0.4 is 0 Å². The van der Waals surface area contributed by atoms with E-state index >= 15 is 0 Å². The van der Waals surface area contributed by atoms with Gasteiger partial charge in [0, 0.05) is 11.8 Å². The van der Waals surface area contributed by atoms with Gasteiger partial charge in [-0.2, -0.15) is 0 Å². The van der Waals surface area contributed by atoms with Crippen LogP contribution in [0.4, 0.5) is 0 Å². The van der Waals surface area contributed by atoms with E-state index in [1.165, 1.54) is 37.5 Å². The molecule has 3 atom stereocenters. The van der Waals surface area contributed by atoms with Crippen LogP contribution in [0.2, 0.25) is 0 Å². The Hall–Kier alpha value is -0.870. The second kappa shape index (κ2) is 5.32. The molecule has 0 radical (unpaired) electrons. The maximum absolute atomic E-state index is 12.2. The lowest BCUT2D eigenvalue weighted by atomic mass is 9.77. The predicted molar refractivity (Wildman–Crippen MR) is 85.6 cm³/mol. The maximum atomic E-state index is 12.2. The zero-order valence-electron chi connectivity index (χ0n) is 14.5. The van der Waals surface area contributed by atoms with Crippen LogP contribution in [-0.4, -0.2) is 32.1 Å². The quantitative estimate of drug-likeness (QED) is 0.548. The normalized spacial score (nSPS) is 40.7. The van der Waals surface area contributed by atoms with Crippen LogP contribution in [0.3, 0.4) is 0 Å². The molecule has 0 aromatic carbocycles. The van der Waals surface area contributed by atoms with Crippen LogP contribution in [0.1, 0.15) is 52.4 Å². The van der Waals surface area contributed by atoms with E-state index in [0.29, 0.717) is 11.8 Å². The predicted octanol–water partition coefficient (Wildman–Crippen LogP) is 3.46. The van der Waals surface area contributed by atoms with Crippen LogP contribution in [0, 0.1) is 23.2 Å². The van der Waals surface area contributed by atoms with Crippen molar-refractivity contribution in [1.82, 2.24) is 0 Å². The van der Waals surface area contributed by atoms with Crippen LogP contribution in [0.25, 0.3) is 0 Å². The van der Waals surface area contributed by atoms with Crippen molar-refractivity contribution < 1.29 is 19.0 Å². The molecular weight excluding hydrogens is 292 g/mol. The van der Waals surface area contributed by atoms with Crippen molar-refractivity contribution in [3.05, 3.63) is 11.1 Å². The standard InChI is InChI=1S/C19H28O4/c1-18(2)10-22-19(23-11-18)9-16(19)14-8-15(17(20)21-3)13-7-5-4-6-12(13)14/h12-13,15H,4-11H2,1-3H3/b16-14-/t12-,13+,15-/m0/s1. The first kappa shape index (κ1) is 15.6. The van der Waals surface area contributed by atoms with Crippen LogP contribution >= 0.6 is 0 Å². The molecule has 0 aromatic heterocycles. The van der Waals surface area contributed by atoms with Gasteiger partial charge in [-0.15, -0.1) is 0 Å². The van der Waals surface area contributed by atoms with Gasteiger partial charge >= 0.3 is 5.97 Å². The van der Waals surface area contributed by atoms with E-state index in [4.69, 9.17) is 14.2 Å². The fourth-order valence-corrected chi connectivity index (χ4v) is 4.90. The Morgan fingerprint density at radius 3 is 2.57 bits per heavy atom. The number of carbonyl (C=O) groups excluding carboxylic acids is 1. The summed E-state index contributed by atoms with van der Waals surface area (Å²) >= 11 is 0. The van der Waals surface area contributed by atoms with Gasteiger partial charge < -0.3 is 14.2 Å².